The van der Waals surface area contributed by atoms with Crippen LogP contribution in [0.3, 0.4) is 0 Å². The van der Waals surface area contributed by atoms with Gasteiger partial charge in [-0.05, 0) is 19.8 Å². The number of anilines is 1. The molecule has 5 nitrogen and oxygen atoms in total. The highest BCUT2D eigenvalue weighted by Crippen LogP contribution is 2.36. The number of halogens is 1. The van der Waals surface area contributed by atoms with Crippen LogP contribution in [-0.4, -0.2) is 19.3 Å². The molecule has 0 bridgehead atoms. The lowest BCUT2D eigenvalue weighted by atomic mass is 10.4. The summed E-state index contributed by atoms with van der Waals surface area (Å²) < 4.78 is 3.93. The monoisotopic (exact) mass is 251 g/mol. The standard InChI is InChI=1S/C11H14ClN5/c1-7-10(12)11(13)17(15-7)5-9-4-14-6-16(9)8-2-3-8/h4,6,8H,2-3,5,13H2,1H3. The van der Waals surface area contributed by atoms with Crippen LogP contribution in [0.5, 0.6) is 0 Å². The van der Waals surface area contributed by atoms with Crippen LogP contribution in [0.4, 0.5) is 5.82 Å². The zero-order valence-corrected chi connectivity index (χ0v) is 10.4. The van der Waals surface area contributed by atoms with Crippen molar-refractivity contribution in [3.05, 3.63) is 28.9 Å². The van der Waals surface area contributed by atoms with Gasteiger partial charge in [-0.2, -0.15) is 5.10 Å². The van der Waals surface area contributed by atoms with E-state index in [-0.39, 0.29) is 0 Å². The van der Waals surface area contributed by atoms with Gasteiger partial charge in [-0.1, -0.05) is 11.6 Å². The molecule has 0 unspecified atom stereocenters. The molecule has 2 N–H and O–H groups in total. The fourth-order valence-electron chi connectivity index (χ4n) is 1.99. The quantitative estimate of drug-likeness (QED) is 0.908. The molecule has 0 aliphatic heterocycles. The summed E-state index contributed by atoms with van der Waals surface area (Å²) in [7, 11) is 0. The average molecular weight is 252 g/mol. The first-order valence-electron chi connectivity index (χ1n) is 5.66. The van der Waals surface area contributed by atoms with Crippen molar-refractivity contribution in [2.45, 2.75) is 32.4 Å². The highest BCUT2D eigenvalue weighted by Gasteiger charge is 2.25. The van der Waals surface area contributed by atoms with E-state index < -0.39 is 0 Å². The summed E-state index contributed by atoms with van der Waals surface area (Å²) in [6.45, 7) is 2.48. The zero-order chi connectivity index (χ0) is 12.0. The van der Waals surface area contributed by atoms with Crippen molar-refractivity contribution in [3.8, 4) is 0 Å². The Kier molecular flexibility index (Phi) is 2.36. The first-order valence-corrected chi connectivity index (χ1v) is 6.03. The summed E-state index contributed by atoms with van der Waals surface area (Å²) in [5.74, 6) is 0.521. The third-order valence-corrected chi connectivity index (χ3v) is 3.56. The molecule has 0 spiro atoms. The van der Waals surface area contributed by atoms with Crippen LogP contribution in [0, 0.1) is 6.92 Å². The predicted molar refractivity (Wildman–Crippen MR) is 66.0 cm³/mol. The molecular weight excluding hydrogens is 238 g/mol. The normalized spacial score (nSPS) is 15.4. The number of nitrogens with two attached hydrogens (primary N) is 1. The Morgan fingerprint density at radius 2 is 2.29 bits per heavy atom. The molecule has 0 radical (unpaired) electrons. The molecule has 1 aliphatic rings. The minimum Gasteiger partial charge on any atom is -0.383 e. The minimum atomic E-state index is 0.521. The van der Waals surface area contributed by atoms with Crippen molar-refractivity contribution >= 4 is 17.4 Å². The van der Waals surface area contributed by atoms with Crippen molar-refractivity contribution in [2.24, 2.45) is 0 Å². The summed E-state index contributed by atoms with van der Waals surface area (Å²) in [6, 6.07) is 0.612. The van der Waals surface area contributed by atoms with Gasteiger partial charge in [0.15, 0.2) is 0 Å². The van der Waals surface area contributed by atoms with Crippen LogP contribution in [0.1, 0.15) is 30.3 Å². The van der Waals surface area contributed by atoms with Gasteiger partial charge < -0.3 is 10.3 Å². The van der Waals surface area contributed by atoms with Crippen LogP contribution in [-0.2, 0) is 6.54 Å². The molecule has 3 rings (SSSR count). The van der Waals surface area contributed by atoms with Crippen LogP contribution in [0.2, 0.25) is 5.02 Å². The Morgan fingerprint density at radius 3 is 2.88 bits per heavy atom. The third-order valence-electron chi connectivity index (χ3n) is 3.09. The van der Waals surface area contributed by atoms with Crippen molar-refractivity contribution in [3.63, 3.8) is 0 Å². The predicted octanol–water partition coefficient (Wildman–Crippen LogP) is 2.01. The second-order valence-electron chi connectivity index (χ2n) is 4.47. The molecule has 0 saturated heterocycles. The highest BCUT2D eigenvalue weighted by atomic mass is 35.5. The largest absolute Gasteiger partial charge is 0.383 e. The summed E-state index contributed by atoms with van der Waals surface area (Å²) in [4.78, 5) is 4.19. The Hall–Kier alpha value is -1.49. The number of hydrogen-bond acceptors (Lipinski definition) is 3. The zero-order valence-electron chi connectivity index (χ0n) is 9.60. The Bertz CT molecular complexity index is 552. The molecule has 6 heteroatoms. The second-order valence-corrected chi connectivity index (χ2v) is 4.84. The first kappa shape index (κ1) is 10.7. The van der Waals surface area contributed by atoms with Gasteiger partial charge >= 0.3 is 0 Å². The summed E-state index contributed by atoms with van der Waals surface area (Å²) >= 11 is 6.02. The Balaban J connectivity index is 1.90. The molecule has 0 amide bonds. The molecule has 1 saturated carbocycles. The average Bonchev–Trinajstić information content (AvgIpc) is 3.01. The number of hydrogen-bond donors (Lipinski definition) is 1. The summed E-state index contributed by atoms with van der Waals surface area (Å²) in [5.41, 5.74) is 7.79. The molecular formula is C11H14ClN5. The van der Waals surface area contributed by atoms with Gasteiger partial charge in [0.05, 0.1) is 30.5 Å². The molecule has 2 aromatic rings. The van der Waals surface area contributed by atoms with E-state index >= 15 is 0 Å². The lowest BCUT2D eigenvalue weighted by molar-refractivity contribution is 0.617. The van der Waals surface area contributed by atoms with Gasteiger partial charge in [0.2, 0.25) is 0 Å². The second kappa shape index (κ2) is 3.77. The van der Waals surface area contributed by atoms with Gasteiger partial charge in [0.25, 0.3) is 0 Å². The van der Waals surface area contributed by atoms with E-state index in [2.05, 4.69) is 14.6 Å². The maximum Gasteiger partial charge on any atom is 0.141 e. The van der Waals surface area contributed by atoms with Crippen molar-refractivity contribution in [2.75, 3.05) is 5.73 Å². The smallest absolute Gasteiger partial charge is 0.141 e. The SMILES string of the molecule is Cc1nn(Cc2cncn2C2CC2)c(N)c1Cl. The van der Waals surface area contributed by atoms with Crippen LogP contribution < -0.4 is 5.73 Å². The van der Waals surface area contributed by atoms with E-state index in [9.17, 15) is 0 Å². The van der Waals surface area contributed by atoms with E-state index in [0.717, 1.165) is 11.4 Å². The maximum absolute atomic E-state index is 6.02. The fraction of sp³-hybridized carbons (Fsp3) is 0.455. The molecule has 0 aromatic carbocycles. The minimum absolute atomic E-state index is 0.521. The van der Waals surface area contributed by atoms with Crippen LogP contribution in [0.25, 0.3) is 0 Å². The molecule has 90 valence electrons. The molecule has 1 aliphatic carbocycles. The number of rotatable bonds is 3. The summed E-state index contributed by atoms with van der Waals surface area (Å²) in [6.07, 6.45) is 6.21. The van der Waals surface area contributed by atoms with E-state index in [1.807, 2.05) is 19.4 Å². The molecule has 2 heterocycles. The van der Waals surface area contributed by atoms with Gasteiger partial charge in [-0.15, -0.1) is 0 Å². The van der Waals surface area contributed by atoms with Crippen molar-refractivity contribution < 1.29 is 0 Å². The number of aromatic nitrogens is 4. The lowest BCUT2D eigenvalue weighted by Crippen LogP contribution is -2.09. The lowest BCUT2D eigenvalue weighted by Gasteiger charge is -2.07. The van der Waals surface area contributed by atoms with Gasteiger partial charge in [0, 0.05) is 6.04 Å². The Labute approximate surface area is 104 Å². The highest BCUT2D eigenvalue weighted by molar-refractivity contribution is 6.33. The van der Waals surface area contributed by atoms with Crippen molar-refractivity contribution in [1.82, 2.24) is 19.3 Å². The van der Waals surface area contributed by atoms with E-state index in [4.69, 9.17) is 17.3 Å². The number of nitrogens with zero attached hydrogens (tertiary/aromatic N) is 4. The maximum atomic E-state index is 6.02. The molecule has 17 heavy (non-hydrogen) atoms. The Morgan fingerprint density at radius 1 is 1.53 bits per heavy atom. The fourth-order valence-corrected chi connectivity index (χ4v) is 2.12. The van der Waals surface area contributed by atoms with Crippen LogP contribution >= 0.6 is 11.6 Å². The first-order chi connectivity index (χ1) is 8.16. The van der Waals surface area contributed by atoms with E-state index in [1.54, 1.807) is 4.68 Å². The summed E-state index contributed by atoms with van der Waals surface area (Å²) in [5, 5.41) is 4.87. The number of nitrogen functional groups attached to an aromatic ring is 1. The number of aryl methyl sites for hydroxylation is 1. The van der Waals surface area contributed by atoms with Gasteiger partial charge in [-0.3, -0.25) is 0 Å². The molecule has 0 atom stereocenters. The van der Waals surface area contributed by atoms with Crippen LogP contribution in [0.15, 0.2) is 12.5 Å². The number of imidazole rings is 1. The third kappa shape index (κ3) is 1.80. The molecule has 1 fully saturated rings. The van der Waals surface area contributed by atoms with Gasteiger partial charge in [0.1, 0.15) is 10.8 Å². The topological polar surface area (TPSA) is 61.7 Å². The van der Waals surface area contributed by atoms with Gasteiger partial charge in [-0.25, -0.2) is 9.67 Å². The van der Waals surface area contributed by atoms with E-state index in [1.165, 1.54) is 12.8 Å². The van der Waals surface area contributed by atoms with E-state index in [0.29, 0.717) is 23.4 Å². The molecule has 2 aromatic heterocycles. The van der Waals surface area contributed by atoms with Crippen molar-refractivity contribution in [1.29, 1.82) is 0 Å².